The third-order valence-corrected chi connectivity index (χ3v) is 3.26. The van der Waals surface area contributed by atoms with E-state index in [2.05, 4.69) is 41.8 Å². The molecule has 0 aliphatic heterocycles. The molecule has 0 fully saturated rings. The van der Waals surface area contributed by atoms with Crippen molar-refractivity contribution in [2.45, 2.75) is 20.3 Å². The van der Waals surface area contributed by atoms with Crippen LogP contribution < -0.4 is 10.6 Å². The van der Waals surface area contributed by atoms with E-state index in [9.17, 15) is 4.79 Å². The Morgan fingerprint density at radius 3 is 2.43 bits per heavy atom. The summed E-state index contributed by atoms with van der Waals surface area (Å²) in [5.41, 5.74) is 4.55. The van der Waals surface area contributed by atoms with Gasteiger partial charge in [-0.05, 0) is 50.1 Å². The summed E-state index contributed by atoms with van der Waals surface area (Å²) in [5.74, 6) is -0.00941. The first-order valence-electron chi connectivity index (χ1n) is 7.26. The second kappa shape index (κ2) is 7.60. The number of carbonyl (C=O) groups is 1. The van der Waals surface area contributed by atoms with Gasteiger partial charge in [0.05, 0.1) is 6.54 Å². The van der Waals surface area contributed by atoms with Crippen molar-refractivity contribution in [3.63, 3.8) is 0 Å². The highest BCUT2D eigenvalue weighted by Crippen LogP contribution is 2.09. The van der Waals surface area contributed by atoms with Crippen molar-refractivity contribution in [1.29, 1.82) is 0 Å². The fraction of sp³-hybridized carbons (Fsp3) is 0.278. The number of hydrogen-bond donors (Lipinski definition) is 2. The molecule has 110 valence electrons. The Morgan fingerprint density at radius 1 is 1.00 bits per heavy atom. The molecule has 2 aromatic carbocycles. The van der Waals surface area contributed by atoms with Gasteiger partial charge in [-0.2, -0.15) is 0 Å². The molecule has 0 spiro atoms. The molecule has 21 heavy (non-hydrogen) atoms. The van der Waals surface area contributed by atoms with Gasteiger partial charge in [-0.1, -0.05) is 42.0 Å². The molecule has 0 radical (unpaired) electrons. The number of aryl methyl sites for hydroxylation is 2. The minimum Gasteiger partial charge on any atom is -0.325 e. The molecule has 0 aliphatic rings. The Morgan fingerprint density at radius 2 is 1.71 bits per heavy atom. The van der Waals surface area contributed by atoms with Gasteiger partial charge in [0.2, 0.25) is 5.91 Å². The second-order valence-corrected chi connectivity index (χ2v) is 5.33. The van der Waals surface area contributed by atoms with Crippen molar-refractivity contribution in [2.75, 3.05) is 18.4 Å². The molecule has 0 aliphatic carbocycles. The number of amides is 1. The van der Waals surface area contributed by atoms with Crippen LogP contribution in [0.1, 0.15) is 16.7 Å². The van der Waals surface area contributed by atoms with Crippen LogP contribution in [-0.2, 0) is 11.2 Å². The van der Waals surface area contributed by atoms with Gasteiger partial charge < -0.3 is 10.6 Å². The van der Waals surface area contributed by atoms with E-state index in [1.54, 1.807) is 0 Å². The second-order valence-electron chi connectivity index (χ2n) is 5.33. The van der Waals surface area contributed by atoms with Crippen molar-refractivity contribution < 1.29 is 4.79 Å². The van der Waals surface area contributed by atoms with E-state index in [1.807, 2.05) is 31.2 Å². The lowest BCUT2D eigenvalue weighted by Gasteiger charge is -2.08. The average Bonchev–Trinajstić information content (AvgIpc) is 2.44. The lowest BCUT2D eigenvalue weighted by atomic mass is 10.1. The number of rotatable bonds is 6. The Bertz CT molecular complexity index is 608. The van der Waals surface area contributed by atoms with Gasteiger partial charge in [-0.3, -0.25) is 4.79 Å². The van der Waals surface area contributed by atoms with Crippen LogP contribution in [0.5, 0.6) is 0 Å². The zero-order chi connectivity index (χ0) is 15.1. The Balaban J connectivity index is 1.70. The van der Waals surface area contributed by atoms with E-state index in [4.69, 9.17) is 0 Å². The van der Waals surface area contributed by atoms with Crippen LogP contribution in [0.3, 0.4) is 0 Å². The van der Waals surface area contributed by atoms with Gasteiger partial charge in [0.25, 0.3) is 0 Å². The van der Waals surface area contributed by atoms with E-state index in [0.29, 0.717) is 6.54 Å². The summed E-state index contributed by atoms with van der Waals surface area (Å²) < 4.78 is 0. The molecule has 0 unspecified atom stereocenters. The lowest BCUT2D eigenvalue weighted by molar-refractivity contribution is -0.115. The number of carbonyl (C=O) groups excluding carboxylic acids is 1. The molecule has 0 saturated heterocycles. The number of benzene rings is 2. The molecular formula is C18H22N2O. The van der Waals surface area contributed by atoms with Crippen molar-refractivity contribution in [1.82, 2.24) is 5.32 Å². The van der Waals surface area contributed by atoms with Crippen LogP contribution in [0.2, 0.25) is 0 Å². The van der Waals surface area contributed by atoms with Crippen LogP contribution in [0.15, 0.2) is 48.5 Å². The first-order chi connectivity index (χ1) is 10.1. The van der Waals surface area contributed by atoms with Crippen LogP contribution in [0.25, 0.3) is 0 Å². The normalized spacial score (nSPS) is 10.4. The predicted molar refractivity (Wildman–Crippen MR) is 87.6 cm³/mol. The fourth-order valence-electron chi connectivity index (χ4n) is 2.23. The Kier molecular flexibility index (Phi) is 5.52. The molecule has 0 atom stereocenters. The maximum atomic E-state index is 11.8. The highest BCUT2D eigenvalue weighted by Gasteiger charge is 2.02. The summed E-state index contributed by atoms with van der Waals surface area (Å²) in [4.78, 5) is 11.8. The summed E-state index contributed by atoms with van der Waals surface area (Å²) in [6.07, 6.45) is 0.930. The van der Waals surface area contributed by atoms with Crippen LogP contribution >= 0.6 is 0 Å². The SMILES string of the molecule is Cc1cccc(CCNCC(=O)Nc2cccc(C)c2)c1. The molecular weight excluding hydrogens is 260 g/mol. The summed E-state index contributed by atoms with van der Waals surface area (Å²) in [5, 5.41) is 6.07. The van der Waals surface area contributed by atoms with Crippen molar-refractivity contribution >= 4 is 11.6 Å². The van der Waals surface area contributed by atoms with Crippen LogP contribution in [0.4, 0.5) is 5.69 Å². The zero-order valence-corrected chi connectivity index (χ0v) is 12.6. The summed E-state index contributed by atoms with van der Waals surface area (Å²) in [7, 11) is 0. The maximum Gasteiger partial charge on any atom is 0.238 e. The third kappa shape index (κ3) is 5.40. The highest BCUT2D eigenvalue weighted by atomic mass is 16.1. The van der Waals surface area contributed by atoms with E-state index in [1.165, 1.54) is 11.1 Å². The van der Waals surface area contributed by atoms with Crippen molar-refractivity contribution in [3.8, 4) is 0 Å². The average molecular weight is 282 g/mol. The number of nitrogens with one attached hydrogen (secondary N) is 2. The van der Waals surface area contributed by atoms with Gasteiger partial charge in [0.1, 0.15) is 0 Å². The Hall–Kier alpha value is -2.13. The zero-order valence-electron chi connectivity index (χ0n) is 12.6. The summed E-state index contributed by atoms with van der Waals surface area (Å²) >= 11 is 0. The minimum absolute atomic E-state index is 0.00941. The Labute approximate surface area is 126 Å². The number of anilines is 1. The van der Waals surface area contributed by atoms with Crippen LogP contribution in [0, 0.1) is 13.8 Å². The van der Waals surface area contributed by atoms with Gasteiger partial charge in [0, 0.05) is 5.69 Å². The predicted octanol–water partition coefficient (Wildman–Crippen LogP) is 3.07. The first-order valence-corrected chi connectivity index (χ1v) is 7.26. The summed E-state index contributed by atoms with van der Waals surface area (Å²) in [6.45, 7) is 5.23. The molecule has 3 nitrogen and oxygen atoms in total. The molecule has 2 aromatic rings. The minimum atomic E-state index is -0.00941. The van der Waals surface area contributed by atoms with Crippen LogP contribution in [-0.4, -0.2) is 19.0 Å². The lowest BCUT2D eigenvalue weighted by Crippen LogP contribution is -2.29. The van der Waals surface area contributed by atoms with Crippen molar-refractivity contribution in [3.05, 3.63) is 65.2 Å². The van der Waals surface area contributed by atoms with Gasteiger partial charge in [-0.15, -0.1) is 0 Å². The standard InChI is InChI=1S/C18H22N2O/c1-14-5-3-7-16(11-14)9-10-19-13-18(21)20-17-8-4-6-15(2)12-17/h3-8,11-12,19H,9-10,13H2,1-2H3,(H,20,21). The van der Waals surface area contributed by atoms with E-state index < -0.39 is 0 Å². The molecule has 0 aromatic heterocycles. The molecule has 0 saturated carbocycles. The largest absolute Gasteiger partial charge is 0.325 e. The van der Waals surface area contributed by atoms with E-state index in [-0.39, 0.29) is 5.91 Å². The fourth-order valence-corrected chi connectivity index (χ4v) is 2.23. The van der Waals surface area contributed by atoms with Crippen molar-refractivity contribution in [2.24, 2.45) is 0 Å². The smallest absolute Gasteiger partial charge is 0.238 e. The molecule has 2 N–H and O–H groups in total. The number of hydrogen-bond acceptors (Lipinski definition) is 2. The van der Waals surface area contributed by atoms with Gasteiger partial charge >= 0.3 is 0 Å². The first kappa shape index (κ1) is 15.3. The third-order valence-electron chi connectivity index (χ3n) is 3.26. The van der Waals surface area contributed by atoms with Gasteiger partial charge in [-0.25, -0.2) is 0 Å². The maximum absolute atomic E-state index is 11.8. The molecule has 0 bridgehead atoms. The quantitative estimate of drug-likeness (QED) is 0.799. The molecule has 0 heterocycles. The van der Waals surface area contributed by atoms with Gasteiger partial charge in [0.15, 0.2) is 0 Å². The topological polar surface area (TPSA) is 41.1 Å². The molecule has 1 amide bonds. The van der Waals surface area contributed by atoms with E-state index in [0.717, 1.165) is 24.2 Å². The highest BCUT2D eigenvalue weighted by molar-refractivity contribution is 5.92. The monoisotopic (exact) mass is 282 g/mol. The van der Waals surface area contributed by atoms with E-state index >= 15 is 0 Å². The molecule has 3 heteroatoms. The molecule has 2 rings (SSSR count). The summed E-state index contributed by atoms with van der Waals surface area (Å²) in [6, 6.07) is 16.3.